The molecule has 0 aliphatic carbocycles. The van der Waals surface area contributed by atoms with Crippen LogP contribution >= 0.6 is 0 Å². The number of rotatable bonds is 1. The van der Waals surface area contributed by atoms with Gasteiger partial charge in [-0.3, -0.25) is 0 Å². The molecule has 1 aromatic rings. The van der Waals surface area contributed by atoms with E-state index in [1.165, 1.54) is 13.0 Å². The lowest BCUT2D eigenvalue weighted by molar-refractivity contribution is -0.137. The summed E-state index contributed by atoms with van der Waals surface area (Å²) in [5, 5.41) is 9.22. The molecule has 0 heterocycles. The van der Waals surface area contributed by atoms with E-state index in [1.807, 2.05) is 0 Å². The largest absolute Gasteiger partial charge is 0.416 e. The molecule has 0 amide bonds. The van der Waals surface area contributed by atoms with Gasteiger partial charge in [-0.2, -0.15) is 13.2 Å². The smallest absolute Gasteiger partial charge is 0.389 e. The SMILES string of the molecule is Cc1cc(C(F)(F)F)ccc1[C@H](C)O. The van der Waals surface area contributed by atoms with Gasteiger partial charge in [-0.15, -0.1) is 0 Å². The number of aliphatic hydroxyl groups excluding tert-OH is 1. The first-order chi connectivity index (χ1) is 6.32. The van der Waals surface area contributed by atoms with Crippen LogP contribution in [0, 0.1) is 6.92 Å². The van der Waals surface area contributed by atoms with E-state index in [1.54, 1.807) is 6.92 Å². The van der Waals surface area contributed by atoms with Crippen molar-refractivity contribution in [3.63, 3.8) is 0 Å². The van der Waals surface area contributed by atoms with E-state index in [2.05, 4.69) is 0 Å². The van der Waals surface area contributed by atoms with Gasteiger partial charge in [-0.05, 0) is 37.1 Å². The number of aryl methyl sites for hydroxylation is 1. The van der Waals surface area contributed by atoms with Crippen LogP contribution in [0.2, 0.25) is 0 Å². The zero-order chi connectivity index (χ0) is 10.9. The molecule has 1 N–H and O–H groups in total. The van der Waals surface area contributed by atoms with Gasteiger partial charge in [-0.25, -0.2) is 0 Å². The van der Waals surface area contributed by atoms with E-state index >= 15 is 0 Å². The van der Waals surface area contributed by atoms with E-state index in [-0.39, 0.29) is 0 Å². The van der Waals surface area contributed by atoms with Gasteiger partial charge >= 0.3 is 6.18 Å². The summed E-state index contributed by atoms with van der Waals surface area (Å²) in [6.45, 7) is 3.08. The van der Waals surface area contributed by atoms with Crippen LogP contribution in [0.5, 0.6) is 0 Å². The second-order valence-electron chi connectivity index (χ2n) is 3.25. The molecule has 1 atom stereocenters. The quantitative estimate of drug-likeness (QED) is 0.745. The Balaban J connectivity index is 3.13. The molecule has 1 aromatic carbocycles. The van der Waals surface area contributed by atoms with Crippen molar-refractivity contribution in [2.75, 3.05) is 0 Å². The summed E-state index contributed by atoms with van der Waals surface area (Å²) in [6.07, 6.45) is -5.06. The summed E-state index contributed by atoms with van der Waals surface area (Å²) in [5.41, 5.74) is 0.298. The average Bonchev–Trinajstić information content (AvgIpc) is 2.01. The molecule has 0 fully saturated rings. The third-order valence-electron chi connectivity index (χ3n) is 2.05. The van der Waals surface area contributed by atoms with Crippen LogP contribution in [0.3, 0.4) is 0 Å². The lowest BCUT2D eigenvalue weighted by Gasteiger charge is -2.12. The average molecular weight is 204 g/mol. The van der Waals surface area contributed by atoms with Crippen LogP contribution in [0.15, 0.2) is 18.2 Å². The molecule has 0 spiro atoms. The number of hydrogen-bond acceptors (Lipinski definition) is 1. The molecule has 0 bridgehead atoms. The van der Waals surface area contributed by atoms with Gasteiger partial charge in [0.25, 0.3) is 0 Å². The Morgan fingerprint density at radius 3 is 2.21 bits per heavy atom. The maximum atomic E-state index is 12.2. The number of alkyl halides is 3. The summed E-state index contributed by atoms with van der Waals surface area (Å²) in [6, 6.07) is 3.33. The molecule has 1 rings (SSSR count). The molecule has 0 saturated heterocycles. The highest BCUT2D eigenvalue weighted by atomic mass is 19.4. The van der Waals surface area contributed by atoms with Gasteiger partial charge in [-0.1, -0.05) is 6.07 Å². The third-order valence-corrected chi connectivity index (χ3v) is 2.05. The van der Waals surface area contributed by atoms with E-state index in [0.717, 1.165) is 12.1 Å². The molecular formula is C10H11F3O. The Morgan fingerprint density at radius 2 is 1.86 bits per heavy atom. The lowest BCUT2D eigenvalue weighted by atomic mass is 10.0. The zero-order valence-corrected chi connectivity index (χ0v) is 7.89. The summed E-state index contributed by atoms with van der Waals surface area (Å²) >= 11 is 0. The fourth-order valence-electron chi connectivity index (χ4n) is 1.32. The Morgan fingerprint density at radius 1 is 1.29 bits per heavy atom. The van der Waals surface area contributed by atoms with Crippen LogP contribution in [-0.2, 0) is 6.18 Å². The van der Waals surface area contributed by atoms with E-state index in [4.69, 9.17) is 0 Å². The number of benzene rings is 1. The zero-order valence-electron chi connectivity index (χ0n) is 7.89. The Labute approximate surface area is 80.2 Å². The minimum Gasteiger partial charge on any atom is -0.389 e. The van der Waals surface area contributed by atoms with Crippen molar-refractivity contribution in [1.29, 1.82) is 0 Å². The predicted molar refractivity (Wildman–Crippen MR) is 46.8 cm³/mol. The van der Waals surface area contributed by atoms with Crippen LogP contribution < -0.4 is 0 Å². The first-order valence-corrected chi connectivity index (χ1v) is 4.18. The molecule has 4 heteroatoms. The van der Waals surface area contributed by atoms with E-state index < -0.39 is 17.8 Å². The van der Waals surface area contributed by atoms with Gasteiger partial charge in [0.2, 0.25) is 0 Å². The monoisotopic (exact) mass is 204 g/mol. The molecule has 14 heavy (non-hydrogen) atoms. The maximum Gasteiger partial charge on any atom is 0.416 e. The Kier molecular flexibility index (Phi) is 2.85. The van der Waals surface area contributed by atoms with Crippen molar-refractivity contribution >= 4 is 0 Å². The molecule has 0 aliphatic heterocycles. The van der Waals surface area contributed by atoms with Crippen LogP contribution in [0.4, 0.5) is 13.2 Å². The molecule has 0 unspecified atom stereocenters. The lowest BCUT2D eigenvalue weighted by Crippen LogP contribution is -2.06. The normalized spacial score (nSPS) is 14.1. The van der Waals surface area contributed by atoms with E-state index in [0.29, 0.717) is 11.1 Å². The molecule has 0 radical (unpaired) electrons. The molecule has 0 aromatic heterocycles. The maximum absolute atomic E-state index is 12.2. The summed E-state index contributed by atoms with van der Waals surface area (Å²) in [4.78, 5) is 0. The number of hydrogen-bond donors (Lipinski definition) is 1. The topological polar surface area (TPSA) is 20.2 Å². The minimum atomic E-state index is -4.32. The highest BCUT2D eigenvalue weighted by Gasteiger charge is 2.30. The summed E-state index contributed by atoms with van der Waals surface area (Å²) in [7, 11) is 0. The van der Waals surface area contributed by atoms with Crippen molar-refractivity contribution in [3.05, 3.63) is 34.9 Å². The van der Waals surface area contributed by atoms with Crippen molar-refractivity contribution in [2.45, 2.75) is 26.1 Å². The first-order valence-electron chi connectivity index (χ1n) is 4.18. The summed E-state index contributed by atoms with van der Waals surface area (Å²) < 4.78 is 36.7. The molecule has 0 aliphatic rings. The van der Waals surface area contributed by atoms with Crippen molar-refractivity contribution in [1.82, 2.24) is 0 Å². The minimum absolute atomic E-state index is 0.454. The third kappa shape index (κ3) is 2.26. The fourth-order valence-corrected chi connectivity index (χ4v) is 1.32. The van der Waals surface area contributed by atoms with Gasteiger partial charge in [0.15, 0.2) is 0 Å². The van der Waals surface area contributed by atoms with Gasteiger partial charge in [0.1, 0.15) is 0 Å². The summed E-state index contributed by atoms with van der Waals surface area (Å²) in [5.74, 6) is 0. The second kappa shape index (κ2) is 3.61. The van der Waals surface area contributed by atoms with Crippen molar-refractivity contribution in [2.24, 2.45) is 0 Å². The standard InChI is InChI=1S/C10H11F3O/c1-6-5-8(10(11,12)13)3-4-9(6)7(2)14/h3-5,7,14H,1-2H3/t7-/m0/s1. The highest BCUT2D eigenvalue weighted by molar-refractivity contribution is 5.33. The fraction of sp³-hybridized carbons (Fsp3) is 0.400. The van der Waals surface area contributed by atoms with Crippen LogP contribution in [0.25, 0.3) is 0 Å². The van der Waals surface area contributed by atoms with Gasteiger partial charge < -0.3 is 5.11 Å². The Bertz CT molecular complexity index is 329. The number of halogens is 3. The van der Waals surface area contributed by atoms with Crippen molar-refractivity contribution in [3.8, 4) is 0 Å². The molecule has 78 valence electrons. The predicted octanol–water partition coefficient (Wildman–Crippen LogP) is 3.07. The van der Waals surface area contributed by atoms with Gasteiger partial charge in [0.05, 0.1) is 11.7 Å². The highest BCUT2D eigenvalue weighted by Crippen LogP contribution is 2.31. The van der Waals surface area contributed by atoms with E-state index in [9.17, 15) is 18.3 Å². The van der Waals surface area contributed by atoms with Crippen LogP contribution in [0.1, 0.15) is 29.7 Å². The molecule has 1 nitrogen and oxygen atoms in total. The number of aliphatic hydroxyl groups is 1. The Hall–Kier alpha value is -1.03. The molecular weight excluding hydrogens is 193 g/mol. The molecule has 0 saturated carbocycles. The van der Waals surface area contributed by atoms with Gasteiger partial charge in [0, 0.05) is 0 Å². The van der Waals surface area contributed by atoms with Crippen LogP contribution in [-0.4, -0.2) is 5.11 Å². The second-order valence-corrected chi connectivity index (χ2v) is 3.25. The van der Waals surface area contributed by atoms with Crippen molar-refractivity contribution < 1.29 is 18.3 Å². The first kappa shape index (κ1) is 11.0.